The van der Waals surface area contributed by atoms with Crippen molar-refractivity contribution in [3.63, 3.8) is 0 Å². The zero-order valence-corrected chi connectivity index (χ0v) is 31.7. The second-order valence-corrected chi connectivity index (χ2v) is 15.1. The number of hydrogen-bond donors (Lipinski definition) is 1. The van der Waals surface area contributed by atoms with Crippen molar-refractivity contribution in [3.05, 3.63) is 120 Å². The number of phenols is 1. The van der Waals surface area contributed by atoms with Crippen LogP contribution in [0.4, 0.5) is 27.6 Å². The van der Waals surface area contributed by atoms with Gasteiger partial charge in [-0.05, 0) is 23.3 Å². The Bertz CT molecular complexity index is 2860. The Morgan fingerprint density at radius 1 is 0.879 bits per heavy atom. The molecule has 1 N–H and O–H groups in total. The number of carbonyl (C=O) groups excluding carboxylic acids is 2. The highest BCUT2D eigenvalue weighted by molar-refractivity contribution is 6.58. The van der Waals surface area contributed by atoms with Crippen molar-refractivity contribution in [2.24, 2.45) is 7.05 Å². The number of benzene rings is 3. The number of imide groups is 1. The van der Waals surface area contributed by atoms with Crippen molar-refractivity contribution < 1.29 is 46.1 Å². The highest BCUT2D eigenvalue weighted by Gasteiger charge is 2.76. The maximum Gasteiger partial charge on any atom is 0.347 e. The van der Waals surface area contributed by atoms with E-state index in [1.54, 1.807) is 12.1 Å². The van der Waals surface area contributed by atoms with E-state index < -0.39 is 91.7 Å². The summed E-state index contributed by atoms with van der Waals surface area (Å²) in [6.07, 6.45) is 0.393. The fraction of sp³-hybridized carbons (Fsp3) is 0.297. The molecule has 0 bridgehead atoms. The fourth-order valence-electron chi connectivity index (χ4n) is 8.24. The summed E-state index contributed by atoms with van der Waals surface area (Å²) in [5.74, 6) is -17.1. The van der Waals surface area contributed by atoms with Crippen LogP contribution in [-0.4, -0.2) is 64.4 Å². The van der Waals surface area contributed by atoms with Gasteiger partial charge in [0.1, 0.15) is 17.1 Å². The number of amides is 2. The van der Waals surface area contributed by atoms with Crippen molar-refractivity contribution in [2.75, 3.05) is 19.1 Å². The largest absolute Gasteiger partial charge is 0.508 e. The molecule has 1 saturated carbocycles. The molecule has 58 heavy (non-hydrogen) atoms. The van der Waals surface area contributed by atoms with Crippen LogP contribution in [0.2, 0.25) is 0 Å². The Balaban J connectivity index is 1.25. The van der Waals surface area contributed by atoms with Gasteiger partial charge >= 0.3 is 11.4 Å². The molecule has 14 nitrogen and oxygen atoms in total. The number of methoxy groups -OCH3 is 2. The van der Waals surface area contributed by atoms with Gasteiger partial charge < -0.3 is 19.1 Å². The predicted molar refractivity (Wildman–Crippen MR) is 195 cm³/mol. The first-order valence-corrected chi connectivity index (χ1v) is 18.0. The normalized spacial score (nSPS) is 22.5. The van der Waals surface area contributed by atoms with Gasteiger partial charge in [0.25, 0.3) is 17.4 Å². The number of aromatic nitrogens is 5. The van der Waals surface area contributed by atoms with Gasteiger partial charge in [0, 0.05) is 44.5 Å². The van der Waals surface area contributed by atoms with Gasteiger partial charge in [0.05, 0.1) is 37.8 Å². The van der Waals surface area contributed by atoms with E-state index in [1.165, 1.54) is 50.1 Å². The van der Waals surface area contributed by atoms with Crippen LogP contribution < -0.4 is 31.3 Å². The standard InChI is InChI=1S/C37H27Cl2F5N6O8/c1-46-20-13-23(58-3)22(57-2)12-19(20)45-18(31(46)52)8-9-47-34(55)48-10-7-17-21(50(48)35(47)56)14-36(38)32(53)49(30-28(43)26(41)25(40)27(42)29(30)44)33(54)37(36,39)24(17)15-5-4-6-16(51)11-15/h4-7,11-13,21,24,51H,8-10,14H2,1-3H3/t21-,24+,36-,37+/m1/s1. The minimum absolute atomic E-state index is 0.00661. The number of rotatable bonds is 7. The minimum atomic E-state index is -2.78. The van der Waals surface area contributed by atoms with Gasteiger partial charge in [-0.2, -0.15) is 0 Å². The third-order valence-electron chi connectivity index (χ3n) is 11.0. The molecule has 2 aromatic heterocycles. The monoisotopic (exact) mass is 848 g/mol. The van der Waals surface area contributed by atoms with Crippen LogP contribution in [0, 0.1) is 29.1 Å². The number of aryl methyl sites for hydroxylation is 2. The number of fused-ring (bicyclic) bond motifs is 5. The first-order valence-electron chi connectivity index (χ1n) is 17.2. The summed E-state index contributed by atoms with van der Waals surface area (Å²) in [4.78, 5) is 68.8. The minimum Gasteiger partial charge on any atom is -0.508 e. The third-order valence-corrected chi connectivity index (χ3v) is 12.4. The number of ether oxygens (including phenoxy) is 2. The van der Waals surface area contributed by atoms with Gasteiger partial charge in [-0.15, -0.1) is 23.2 Å². The number of allylic oxidation sites excluding steroid dienone is 2. The summed E-state index contributed by atoms with van der Waals surface area (Å²) in [6.45, 7) is -0.702. The fourth-order valence-corrected chi connectivity index (χ4v) is 9.15. The lowest BCUT2D eigenvalue weighted by atomic mass is 9.64. The second-order valence-electron chi connectivity index (χ2n) is 13.8. The van der Waals surface area contributed by atoms with Crippen LogP contribution in [0.3, 0.4) is 0 Å². The number of aromatic hydroxyl groups is 1. The van der Waals surface area contributed by atoms with Gasteiger partial charge in [-0.3, -0.25) is 14.4 Å². The number of hydrogen-bond acceptors (Lipinski definition) is 9. The van der Waals surface area contributed by atoms with Crippen molar-refractivity contribution in [1.29, 1.82) is 0 Å². The SMILES string of the molecule is COc1cc2nc(CCn3c(=O)n4n(c3=O)[C@@H]3C[C@@]5(Cl)C(=O)N(c6c(F)c(F)c(F)c(F)c6F)C(=O)[C@@]5(Cl)[C@@H](c5cccc(O)c5)C3=CC4)c(=O)n(C)c2cc1OC. The van der Waals surface area contributed by atoms with E-state index in [0.29, 0.717) is 22.5 Å². The van der Waals surface area contributed by atoms with Crippen LogP contribution >= 0.6 is 23.2 Å². The lowest BCUT2D eigenvalue weighted by Crippen LogP contribution is -2.59. The molecule has 4 heterocycles. The summed E-state index contributed by atoms with van der Waals surface area (Å²) in [7, 11) is 4.35. The molecule has 1 aliphatic carbocycles. The van der Waals surface area contributed by atoms with Crippen LogP contribution in [0.25, 0.3) is 11.0 Å². The first kappa shape index (κ1) is 38.9. The molecule has 5 aromatic rings. The number of nitrogens with zero attached hydrogens (tertiary/aromatic N) is 6. The average molecular weight is 850 g/mol. The molecule has 2 aliphatic heterocycles. The van der Waals surface area contributed by atoms with Crippen molar-refractivity contribution in [2.45, 2.75) is 47.6 Å². The number of halogens is 7. The van der Waals surface area contributed by atoms with Crippen molar-refractivity contribution >= 4 is 51.7 Å². The molecule has 3 aliphatic rings. The highest BCUT2D eigenvalue weighted by atomic mass is 35.5. The lowest BCUT2D eigenvalue weighted by molar-refractivity contribution is -0.122. The highest BCUT2D eigenvalue weighted by Crippen LogP contribution is 2.64. The molecule has 2 fully saturated rings. The van der Waals surface area contributed by atoms with Gasteiger partial charge in [-0.1, -0.05) is 18.2 Å². The molecule has 8 rings (SSSR count). The van der Waals surface area contributed by atoms with Gasteiger partial charge in [0.2, 0.25) is 5.82 Å². The average Bonchev–Trinajstić information content (AvgIpc) is 3.53. The summed E-state index contributed by atoms with van der Waals surface area (Å²) in [5, 5.41) is 10.5. The lowest BCUT2D eigenvalue weighted by Gasteiger charge is -2.49. The van der Waals surface area contributed by atoms with E-state index in [4.69, 9.17) is 32.7 Å². The van der Waals surface area contributed by atoms with Gasteiger partial charge in [0.15, 0.2) is 44.5 Å². The Hall–Kier alpha value is -5.95. The van der Waals surface area contributed by atoms with E-state index in [2.05, 4.69) is 4.98 Å². The van der Waals surface area contributed by atoms with Crippen LogP contribution in [-0.2, 0) is 36.1 Å². The number of carbonyl (C=O) groups is 2. The Labute approximate surface area is 331 Å². The maximum absolute atomic E-state index is 15.3. The molecule has 4 atom stereocenters. The quantitative estimate of drug-likeness (QED) is 0.0640. The summed E-state index contributed by atoms with van der Waals surface area (Å²) >= 11 is 14.2. The second kappa shape index (κ2) is 13.3. The first-order chi connectivity index (χ1) is 27.4. The number of phenolic OH excluding ortho intramolecular Hbond substituents is 1. The van der Waals surface area contributed by atoms with Crippen LogP contribution in [0.5, 0.6) is 17.2 Å². The molecule has 0 unspecified atom stereocenters. The zero-order valence-electron chi connectivity index (χ0n) is 30.2. The molecular formula is C37H27Cl2F5N6O8. The van der Waals surface area contributed by atoms with Crippen molar-refractivity contribution in [3.8, 4) is 17.2 Å². The Morgan fingerprint density at radius 3 is 2.16 bits per heavy atom. The number of alkyl halides is 2. The predicted octanol–water partition coefficient (Wildman–Crippen LogP) is 3.92. The Kier molecular flexibility index (Phi) is 8.92. The zero-order chi connectivity index (χ0) is 41.9. The molecule has 21 heteroatoms. The van der Waals surface area contributed by atoms with E-state index in [9.17, 15) is 42.3 Å². The molecule has 1 saturated heterocycles. The van der Waals surface area contributed by atoms with Crippen molar-refractivity contribution in [1.82, 2.24) is 23.5 Å². The molecule has 3 aromatic carbocycles. The maximum atomic E-state index is 15.3. The smallest absolute Gasteiger partial charge is 0.347 e. The van der Waals surface area contributed by atoms with E-state index >= 15 is 8.78 Å². The number of anilines is 1. The molecule has 0 spiro atoms. The summed E-state index contributed by atoms with van der Waals surface area (Å²) < 4.78 is 88.3. The summed E-state index contributed by atoms with van der Waals surface area (Å²) in [5.41, 5.74) is -3.43. The van der Waals surface area contributed by atoms with E-state index in [0.717, 1.165) is 20.0 Å². The summed E-state index contributed by atoms with van der Waals surface area (Å²) in [6, 6.07) is 6.83. The topological polar surface area (TPSA) is 160 Å². The molecule has 302 valence electrons. The molecule has 0 radical (unpaired) electrons. The molecule has 2 amide bonds. The van der Waals surface area contributed by atoms with E-state index in [-0.39, 0.29) is 47.0 Å². The molecular weight excluding hydrogens is 822 g/mol. The third kappa shape index (κ3) is 5.07. The Morgan fingerprint density at radius 2 is 1.52 bits per heavy atom. The van der Waals surface area contributed by atoms with Crippen LogP contribution in [0.15, 0.2) is 62.4 Å². The van der Waals surface area contributed by atoms with Crippen LogP contribution in [0.1, 0.15) is 29.6 Å². The van der Waals surface area contributed by atoms with Gasteiger partial charge in [-0.25, -0.2) is 55.4 Å². The van der Waals surface area contributed by atoms with E-state index in [1.807, 2.05) is 0 Å².